The topological polar surface area (TPSA) is 82.5 Å². The number of nitrogens with zero attached hydrogens (tertiary/aromatic N) is 4. The number of carbonyl (C=O) groups excluding carboxylic acids is 3. The van der Waals surface area contributed by atoms with Gasteiger partial charge in [0.1, 0.15) is 5.60 Å². The molecule has 3 amide bonds. The van der Waals surface area contributed by atoms with Crippen molar-refractivity contribution >= 4 is 23.6 Å². The summed E-state index contributed by atoms with van der Waals surface area (Å²) in [6, 6.07) is 9.68. The summed E-state index contributed by atoms with van der Waals surface area (Å²) in [4.78, 5) is 40.9. The van der Waals surface area contributed by atoms with Gasteiger partial charge in [-0.2, -0.15) is 5.10 Å². The average molecular weight is 429 g/mol. The molecule has 0 radical (unpaired) electrons. The van der Waals surface area contributed by atoms with Crippen LogP contribution in [0.3, 0.4) is 0 Å². The molecular weight excluding hydrogens is 396 g/mol. The van der Waals surface area contributed by atoms with Crippen LogP contribution >= 0.6 is 0 Å². The Kier molecular flexibility index (Phi) is 6.97. The van der Waals surface area contributed by atoms with Crippen molar-refractivity contribution < 1.29 is 19.1 Å². The summed E-state index contributed by atoms with van der Waals surface area (Å²) in [5, 5.41) is 5.91. The van der Waals surface area contributed by atoms with Gasteiger partial charge < -0.3 is 14.5 Å². The molecule has 0 unspecified atom stereocenters. The summed E-state index contributed by atoms with van der Waals surface area (Å²) >= 11 is 0. The molecule has 0 N–H and O–H groups in total. The molecule has 2 heterocycles. The molecule has 3 rings (SSSR count). The van der Waals surface area contributed by atoms with Crippen molar-refractivity contribution in [1.29, 1.82) is 0 Å². The average Bonchev–Trinajstić information content (AvgIpc) is 3.21. The predicted octanol–water partition coefficient (Wildman–Crippen LogP) is 2.87. The van der Waals surface area contributed by atoms with E-state index in [1.54, 1.807) is 9.80 Å². The second-order valence-corrected chi connectivity index (χ2v) is 9.04. The van der Waals surface area contributed by atoms with Crippen LogP contribution in [0.4, 0.5) is 4.79 Å². The zero-order valence-electron chi connectivity index (χ0n) is 18.8. The smallest absolute Gasteiger partial charge is 0.410 e. The molecule has 168 valence electrons. The van der Waals surface area contributed by atoms with Crippen LogP contribution in [0.2, 0.25) is 0 Å². The molecule has 1 fully saturated rings. The first kappa shape index (κ1) is 22.8. The Labute approximate surface area is 183 Å². The highest BCUT2D eigenvalue weighted by molar-refractivity contribution is 6.02. The highest BCUT2D eigenvalue weighted by Gasteiger charge is 2.32. The first-order chi connectivity index (χ1) is 14.6. The lowest BCUT2D eigenvalue weighted by Gasteiger charge is -2.40. The molecule has 0 bridgehead atoms. The molecule has 2 aliphatic heterocycles. The predicted molar refractivity (Wildman–Crippen MR) is 118 cm³/mol. The van der Waals surface area contributed by atoms with E-state index in [2.05, 4.69) is 5.10 Å². The summed E-state index contributed by atoms with van der Waals surface area (Å²) in [7, 11) is 0. The van der Waals surface area contributed by atoms with E-state index in [1.807, 2.05) is 58.0 Å². The van der Waals surface area contributed by atoms with Crippen molar-refractivity contribution in [2.24, 2.45) is 5.10 Å². The van der Waals surface area contributed by atoms with Crippen LogP contribution in [0.25, 0.3) is 0 Å². The first-order valence-corrected chi connectivity index (χ1v) is 10.8. The van der Waals surface area contributed by atoms with Crippen LogP contribution in [0.15, 0.2) is 35.4 Å². The summed E-state index contributed by atoms with van der Waals surface area (Å²) < 4.78 is 5.42. The Morgan fingerprint density at radius 2 is 1.71 bits per heavy atom. The maximum Gasteiger partial charge on any atom is 0.410 e. The van der Waals surface area contributed by atoms with Crippen molar-refractivity contribution in [3.05, 3.63) is 35.9 Å². The summed E-state index contributed by atoms with van der Waals surface area (Å²) in [5.41, 5.74) is 1.37. The standard InChI is InChI=1S/C23H32N4O4/c1-17-16-25(22(30)31-23(2,3)4)14-15-26(17)20(28)10-11-21(29)27-13-12-19(24-27)18-8-6-5-7-9-18/h5-9,17H,10-16H2,1-4H3/t17-/m0/s1. The van der Waals surface area contributed by atoms with Crippen molar-refractivity contribution in [2.45, 2.75) is 58.6 Å². The normalized spacial score (nSPS) is 19.3. The van der Waals surface area contributed by atoms with Gasteiger partial charge in [0, 0.05) is 44.9 Å². The molecule has 0 aliphatic carbocycles. The van der Waals surface area contributed by atoms with E-state index in [0.717, 1.165) is 11.3 Å². The van der Waals surface area contributed by atoms with Crippen LogP contribution < -0.4 is 0 Å². The highest BCUT2D eigenvalue weighted by Crippen LogP contribution is 2.18. The first-order valence-electron chi connectivity index (χ1n) is 10.8. The van der Waals surface area contributed by atoms with Crippen LogP contribution in [0, 0.1) is 0 Å². The minimum atomic E-state index is -0.550. The molecular formula is C23H32N4O4. The minimum absolute atomic E-state index is 0.0730. The zero-order valence-corrected chi connectivity index (χ0v) is 18.8. The largest absolute Gasteiger partial charge is 0.444 e. The number of rotatable bonds is 4. The Balaban J connectivity index is 1.47. The van der Waals surface area contributed by atoms with E-state index in [9.17, 15) is 14.4 Å². The van der Waals surface area contributed by atoms with Gasteiger partial charge in [-0.1, -0.05) is 30.3 Å². The van der Waals surface area contributed by atoms with Crippen LogP contribution in [0.1, 0.15) is 52.5 Å². The highest BCUT2D eigenvalue weighted by atomic mass is 16.6. The molecule has 1 atom stereocenters. The van der Waals surface area contributed by atoms with Gasteiger partial charge in [-0.3, -0.25) is 9.59 Å². The molecule has 0 aromatic heterocycles. The van der Waals surface area contributed by atoms with E-state index in [-0.39, 0.29) is 36.8 Å². The van der Waals surface area contributed by atoms with Gasteiger partial charge in [0.2, 0.25) is 11.8 Å². The van der Waals surface area contributed by atoms with Gasteiger partial charge >= 0.3 is 6.09 Å². The third kappa shape index (κ3) is 6.06. The van der Waals surface area contributed by atoms with Crippen molar-refractivity contribution in [1.82, 2.24) is 14.8 Å². The molecule has 2 aliphatic rings. The van der Waals surface area contributed by atoms with E-state index in [4.69, 9.17) is 4.74 Å². The van der Waals surface area contributed by atoms with Crippen LogP contribution in [0.5, 0.6) is 0 Å². The molecule has 8 nitrogen and oxygen atoms in total. The Bertz CT molecular complexity index is 847. The SMILES string of the molecule is C[C@H]1CN(C(=O)OC(C)(C)C)CCN1C(=O)CCC(=O)N1CCC(c2ccccc2)=N1. The number of hydrazone groups is 1. The molecule has 1 saturated heterocycles. The summed E-state index contributed by atoms with van der Waals surface area (Å²) in [6.07, 6.45) is 0.627. The number of hydrogen-bond donors (Lipinski definition) is 0. The van der Waals surface area contributed by atoms with E-state index in [0.29, 0.717) is 32.6 Å². The van der Waals surface area contributed by atoms with Crippen molar-refractivity contribution in [3.8, 4) is 0 Å². The molecule has 0 saturated carbocycles. The van der Waals surface area contributed by atoms with Gasteiger partial charge in [-0.15, -0.1) is 0 Å². The lowest BCUT2D eigenvalue weighted by atomic mass is 10.1. The fourth-order valence-electron chi connectivity index (χ4n) is 3.78. The monoisotopic (exact) mass is 428 g/mol. The summed E-state index contributed by atoms with van der Waals surface area (Å²) in [5.74, 6) is -0.213. The third-order valence-corrected chi connectivity index (χ3v) is 5.35. The summed E-state index contributed by atoms with van der Waals surface area (Å²) in [6.45, 7) is 9.24. The Hall–Kier alpha value is -2.90. The fourth-order valence-corrected chi connectivity index (χ4v) is 3.78. The van der Waals surface area contributed by atoms with Gasteiger partial charge in [0.05, 0.1) is 12.3 Å². The molecule has 0 spiro atoms. The Morgan fingerprint density at radius 1 is 1.03 bits per heavy atom. The zero-order chi connectivity index (χ0) is 22.6. The maximum absolute atomic E-state index is 12.7. The second kappa shape index (κ2) is 9.49. The van der Waals surface area contributed by atoms with Crippen molar-refractivity contribution in [3.63, 3.8) is 0 Å². The lowest BCUT2D eigenvalue weighted by Crippen LogP contribution is -2.56. The van der Waals surface area contributed by atoms with Crippen molar-refractivity contribution in [2.75, 3.05) is 26.2 Å². The number of benzene rings is 1. The number of carbonyl (C=O) groups is 3. The number of piperazine rings is 1. The van der Waals surface area contributed by atoms with E-state index in [1.165, 1.54) is 5.01 Å². The number of hydrogen-bond acceptors (Lipinski definition) is 5. The van der Waals surface area contributed by atoms with E-state index < -0.39 is 5.60 Å². The van der Waals surface area contributed by atoms with Crippen LogP contribution in [-0.4, -0.2) is 76.2 Å². The van der Waals surface area contributed by atoms with E-state index >= 15 is 0 Å². The van der Waals surface area contributed by atoms with Gasteiger partial charge in [-0.05, 0) is 33.3 Å². The molecule has 8 heteroatoms. The maximum atomic E-state index is 12.7. The van der Waals surface area contributed by atoms with Gasteiger partial charge in [0.15, 0.2) is 0 Å². The van der Waals surface area contributed by atoms with Gasteiger partial charge in [-0.25, -0.2) is 9.80 Å². The molecule has 31 heavy (non-hydrogen) atoms. The number of ether oxygens (including phenoxy) is 1. The molecule has 1 aromatic carbocycles. The number of amides is 3. The molecule has 1 aromatic rings. The lowest BCUT2D eigenvalue weighted by molar-refractivity contribution is -0.139. The van der Waals surface area contributed by atoms with Crippen LogP contribution in [-0.2, 0) is 14.3 Å². The Morgan fingerprint density at radius 3 is 2.35 bits per heavy atom. The van der Waals surface area contributed by atoms with Gasteiger partial charge in [0.25, 0.3) is 0 Å². The third-order valence-electron chi connectivity index (χ3n) is 5.35. The minimum Gasteiger partial charge on any atom is -0.444 e. The second-order valence-electron chi connectivity index (χ2n) is 9.04. The fraction of sp³-hybridized carbons (Fsp3) is 0.565. The quantitative estimate of drug-likeness (QED) is 0.738.